The van der Waals surface area contributed by atoms with Gasteiger partial charge >= 0.3 is 5.97 Å². The first-order valence-corrected chi connectivity index (χ1v) is 12.1. The van der Waals surface area contributed by atoms with Crippen molar-refractivity contribution in [3.8, 4) is 0 Å². The highest BCUT2D eigenvalue weighted by Gasteiger charge is 2.34. The van der Waals surface area contributed by atoms with Crippen LogP contribution in [0.4, 0.5) is 8.78 Å². The van der Waals surface area contributed by atoms with Crippen molar-refractivity contribution in [1.82, 2.24) is 19.6 Å². The lowest BCUT2D eigenvalue weighted by Gasteiger charge is -2.33. The van der Waals surface area contributed by atoms with Gasteiger partial charge in [-0.25, -0.2) is 13.5 Å². The topological polar surface area (TPSA) is 61.9 Å². The van der Waals surface area contributed by atoms with Gasteiger partial charge in [0.05, 0.1) is 42.5 Å². The monoisotopic (exact) mass is 478 g/mol. The van der Waals surface area contributed by atoms with E-state index in [1.54, 1.807) is 24.4 Å². The van der Waals surface area contributed by atoms with Crippen molar-refractivity contribution in [2.75, 3.05) is 6.61 Å². The van der Waals surface area contributed by atoms with Crippen LogP contribution in [-0.4, -0.2) is 32.1 Å². The summed E-state index contributed by atoms with van der Waals surface area (Å²) in [5.41, 5.74) is 4.21. The molecule has 2 aromatic carbocycles. The maximum Gasteiger partial charge on any atom is 0.310 e. The fourth-order valence-electron chi connectivity index (χ4n) is 5.28. The summed E-state index contributed by atoms with van der Waals surface area (Å²) in [5, 5.41) is 9.28. The summed E-state index contributed by atoms with van der Waals surface area (Å²) in [4.78, 5) is 12.5. The molecule has 0 amide bonds. The van der Waals surface area contributed by atoms with Gasteiger partial charge in [0, 0.05) is 17.5 Å². The van der Waals surface area contributed by atoms with Crippen molar-refractivity contribution in [3.63, 3.8) is 0 Å². The average molecular weight is 479 g/mol. The van der Waals surface area contributed by atoms with Crippen molar-refractivity contribution in [2.45, 2.75) is 58.0 Å². The first-order chi connectivity index (χ1) is 17.0. The predicted octanol–water partition coefficient (Wildman–Crippen LogP) is 5.35. The maximum absolute atomic E-state index is 15.2. The Morgan fingerprint density at radius 2 is 1.97 bits per heavy atom. The third-order valence-electron chi connectivity index (χ3n) is 6.88. The SMILES string of the molecule is CCCOC(=O)Cc1c2n(c3c(F)cccc13)C(C)C(n1nncc1Cc1ccc(F)cc1)CC2. The molecule has 8 heteroatoms. The molecule has 0 aliphatic carbocycles. The van der Waals surface area contributed by atoms with Crippen molar-refractivity contribution in [3.05, 3.63) is 82.8 Å². The zero-order valence-corrected chi connectivity index (χ0v) is 19.9. The van der Waals surface area contributed by atoms with Crippen LogP contribution in [-0.2, 0) is 28.8 Å². The summed E-state index contributed by atoms with van der Waals surface area (Å²) < 4.78 is 37.8. The van der Waals surface area contributed by atoms with E-state index in [2.05, 4.69) is 17.2 Å². The maximum atomic E-state index is 15.2. The van der Waals surface area contributed by atoms with E-state index in [1.165, 1.54) is 18.2 Å². The molecule has 3 heterocycles. The fraction of sp³-hybridized carbons (Fsp3) is 0.370. The third kappa shape index (κ3) is 4.33. The Labute approximate surface area is 202 Å². The molecule has 0 N–H and O–H groups in total. The predicted molar refractivity (Wildman–Crippen MR) is 128 cm³/mol. The highest BCUT2D eigenvalue weighted by atomic mass is 19.1. The van der Waals surface area contributed by atoms with Gasteiger partial charge in [0.15, 0.2) is 0 Å². The molecule has 0 bridgehead atoms. The number of rotatable bonds is 7. The van der Waals surface area contributed by atoms with Gasteiger partial charge in [-0.05, 0) is 55.5 Å². The highest BCUT2D eigenvalue weighted by Crippen LogP contribution is 2.42. The van der Waals surface area contributed by atoms with E-state index in [0.29, 0.717) is 25.0 Å². The Morgan fingerprint density at radius 1 is 1.17 bits per heavy atom. The van der Waals surface area contributed by atoms with Crippen LogP contribution in [0, 0.1) is 11.6 Å². The normalized spacial score (nSPS) is 17.5. The molecule has 1 aliphatic heterocycles. The molecule has 6 nitrogen and oxygen atoms in total. The number of halogens is 2. The summed E-state index contributed by atoms with van der Waals surface area (Å²) >= 11 is 0. The standard InChI is InChI=1S/C27H28F2N4O2/c1-3-13-35-26(34)15-22-21-5-4-6-23(29)27(21)32-17(2)24(11-12-25(22)32)33-20(16-30-31-33)14-18-7-9-19(28)10-8-18/h4-10,16-17,24H,3,11-15H2,1-2H3. The van der Waals surface area contributed by atoms with Gasteiger partial charge in [0.1, 0.15) is 11.6 Å². The number of hydrogen-bond acceptors (Lipinski definition) is 4. The van der Waals surface area contributed by atoms with Crippen molar-refractivity contribution in [1.29, 1.82) is 0 Å². The minimum absolute atomic E-state index is 0.0458. The minimum atomic E-state index is -0.311. The number of hydrogen-bond donors (Lipinski definition) is 0. The number of ether oxygens (including phenoxy) is 1. The second-order valence-corrected chi connectivity index (χ2v) is 9.15. The number of nitrogens with zero attached hydrogens (tertiary/aromatic N) is 4. The molecule has 0 saturated carbocycles. The molecule has 0 saturated heterocycles. The van der Waals surface area contributed by atoms with Gasteiger partial charge < -0.3 is 9.30 Å². The summed E-state index contributed by atoms with van der Waals surface area (Å²) in [6, 6.07) is 11.3. The fourth-order valence-corrected chi connectivity index (χ4v) is 5.28. The van der Waals surface area contributed by atoms with Gasteiger partial charge in [-0.3, -0.25) is 4.79 Å². The Hall–Kier alpha value is -3.55. The summed E-state index contributed by atoms with van der Waals surface area (Å²) in [5.74, 6) is -0.877. The lowest BCUT2D eigenvalue weighted by atomic mass is 9.95. The van der Waals surface area contributed by atoms with E-state index in [-0.39, 0.29) is 36.1 Å². The number of esters is 1. The van der Waals surface area contributed by atoms with Crippen LogP contribution in [0.5, 0.6) is 0 Å². The average Bonchev–Trinajstić information content (AvgIpc) is 3.43. The smallest absolute Gasteiger partial charge is 0.310 e. The van der Waals surface area contributed by atoms with Gasteiger partial charge in [-0.15, -0.1) is 5.10 Å². The largest absolute Gasteiger partial charge is 0.465 e. The molecule has 0 radical (unpaired) electrons. The van der Waals surface area contributed by atoms with Gasteiger partial charge in [0.2, 0.25) is 0 Å². The molecule has 4 aromatic rings. The van der Waals surface area contributed by atoms with E-state index >= 15 is 4.39 Å². The number of fused-ring (bicyclic) bond motifs is 3. The number of para-hydroxylation sites is 1. The van der Waals surface area contributed by atoms with E-state index < -0.39 is 0 Å². The van der Waals surface area contributed by atoms with Crippen LogP contribution in [0.2, 0.25) is 0 Å². The zero-order chi connectivity index (χ0) is 24.5. The number of aromatic nitrogens is 4. The van der Waals surface area contributed by atoms with Crippen LogP contribution >= 0.6 is 0 Å². The summed E-state index contributed by atoms with van der Waals surface area (Å²) in [6.45, 7) is 4.39. The van der Waals surface area contributed by atoms with Crippen molar-refractivity contribution in [2.24, 2.45) is 0 Å². The molecule has 35 heavy (non-hydrogen) atoms. The molecule has 2 atom stereocenters. The Bertz CT molecular complexity index is 1360. The first-order valence-electron chi connectivity index (χ1n) is 12.1. The molecule has 2 unspecified atom stereocenters. The van der Waals surface area contributed by atoms with Crippen molar-refractivity contribution >= 4 is 16.9 Å². The molecular weight excluding hydrogens is 450 g/mol. The van der Waals surface area contributed by atoms with Crippen LogP contribution in [0.25, 0.3) is 10.9 Å². The second-order valence-electron chi connectivity index (χ2n) is 9.15. The van der Waals surface area contributed by atoms with Gasteiger partial charge in [-0.2, -0.15) is 0 Å². The van der Waals surface area contributed by atoms with E-state index in [1.807, 2.05) is 22.2 Å². The Balaban J connectivity index is 1.51. The highest BCUT2D eigenvalue weighted by molar-refractivity contribution is 5.90. The van der Waals surface area contributed by atoms with E-state index in [0.717, 1.165) is 40.7 Å². The molecule has 0 spiro atoms. The number of benzene rings is 2. The number of carbonyl (C=O) groups excluding carboxylic acids is 1. The Kier molecular flexibility index (Phi) is 6.36. The zero-order valence-electron chi connectivity index (χ0n) is 19.9. The molecule has 182 valence electrons. The van der Waals surface area contributed by atoms with Crippen molar-refractivity contribution < 1.29 is 18.3 Å². The summed E-state index contributed by atoms with van der Waals surface area (Å²) in [6.07, 6.45) is 4.63. The Morgan fingerprint density at radius 3 is 2.74 bits per heavy atom. The summed E-state index contributed by atoms with van der Waals surface area (Å²) in [7, 11) is 0. The van der Waals surface area contributed by atoms with E-state index in [4.69, 9.17) is 4.74 Å². The molecule has 1 aliphatic rings. The minimum Gasteiger partial charge on any atom is -0.465 e. The number of carbonyl (C=O) groups is 1. The molecular formula is C27H28F2N4O2. The van der Waals surface area contributed by atoms with E-state index in [9.17, 15) is 9.18 Å². The molecule has 2 aromatic heterocycles. The molecule has 0 fully saturated rings. The van der Waals surface area contributed by atoms with Crippen LogP contribution in [0.3, 0.4) is 0 Å². The first kappa shape index (κ1) is 23.2. The second kappa shape index (κ2) is 9.60. The van der Waals surface area contributed by atoms with Crippen LogP contribution in [0.1, 0.15) is 61.3 Å². The third-order valence-corrected chi connectivity index (χ3v) is 6.88. The van der Waals surface area contributed by atoms with Crippen LogP contribution in [0.15, 0.2) is 48.7 Å². The van der Waals surface area contributed by atoms with Gasteiger partial charge in [-0.1, -0.05) is 36.4 Å². The quantitative estimate of drug-likeness (QED) is 0.336. The van der Waals surface area contributed by atoms with Crippen LogP contribution < -0.4 is 0 Å². The molecule has 5 rings (SSSR count). The van der Waals surface area contributed by atoms with Gasteiger partial charge in [0.25, 0.3) is 0 Å². The lowest BCUT2D eigenvalue weighted by Crippen LogP contribution is -2.29. The lowest BCUT2D eigenvalue weighted by molar-refractivity contribution is -0.142.